The fraction of sp³-hybridized carbons (Fsp3) is 0.143. The third-order valence-corrected chi connectivity index (χ3v) is 4.75. The lowest BCUT2D eigenvalue weighted by Gasteiger charge is -2.14. The fourth-order valence-corrected chi connectivity index (χ4v) is 3.70. The molecule has 0 bridgehead atoms. The Labute approximate surface area is 138 Å². The van der Waals surface area contributed by atoms with Gasteiger partial charge < -0.3 is 0 Å². The molecule has 0 saturated heterocycles. The van der Waals surface area contributed by atoms with Gasteiger partial charge in [-0.2, -0.15) is 0 Å². The number of aryl methyl sites for hydroxylation is 1. The Kier molecular flexibility index (Phi) is 4.93. The molecule has 0 fully saturated rings. The van der Waals surface area contributed by atoms with Gasteiger partial charge in [-0.3, -0.25) is 0 Å². The number of halogens is 5. The van der Waals surface area contributed by atoms with Crippen LogP contribution in [-0.2, 0) is 0 Å². The third-order valence-electron chi connectivity index (χ3n) is 2.73. The number of benzene rings is 2. The van der Waals surface area contributed by atoms with Gasteiger partial charge in [-0.05, 0) is 47.9 Å². The first-order valence-electron chi connectivity index (χ1n) is 5.44. The van der Waals surface area contributed by atoms with Crippen LogP contribution >= 0.6 is 55.1 Å². The van der Waals surface area contributed by atoms with Crippen molar-refractivity contribution >= 4 is 55.1 Å². The van der Waals surface area contributed by atoms with Crippen LogP contribution in [0.3, 0.4) is 0 Å². The molecule has 0 spiro atoms. The average Bonchev–Trinajstić information content (AvgIpc) is 2.31. The van der Waals surface area contributed by atoms with Crippen LogP contribution in [0.2, 0.25) is 10.0 Å². The zero-order valence-corrected chi connectivity index (χ0v) is 14.5. The van der Waals surface area contributed by atoms with Crippen molar-refractivity contribution in [2.24, 2.45) is 0 Å². The Hall–Kier alpha value is -0.0900. The topological polar surface area (TPSA) is 0 Å². The molecule has 0 aliphatic heterocycles. The van der Waals surface area contributed by atoms with Crippen LogP contribution in [0.5, 0.6) is 0 Å². The predicted octanol–water partition coefficient (Wildman–Crippen LogP) is 6.69. The van der Waals surface area contributed by atoms with Crippen LogP contribution in [0.1, 0.15) is 21.5 Å². The van der Waals surface area contributed by atoms with E-state index >= 15 is 0 Å². The van der Waals surface area contributed by atoms with Gasteiger partial charge in [0.15, 0.2) is 0 Å². The minimum atomic E-state index is -0.305. The molecule has 0 saturated carbocycles. The largest absolute Gasteiger partial charge is 0.207 e. The highest BCUT2D eigenvalue weighted by atomic mass is 79.9. The number of hydrogen-bond acceptors (Lipinski definition) is 0. The molecule has 2 aromatic carbocycles. The van der Waals surface area contributed by atoms with E-state index in [-0.39, 0.29) is 10.6 Å². The molecule has 2 rings (SSSR count). The summed E-state index contributed by atoms with van der Waals surface area (Å²) in [5.41, 5.74) is 2.33. The van der Waals surface area contributed by atoms with Crippen LogP contribution in [0.4, 0.5) is 4.39 Å². The first-order valence-corrected chi connectivity index (χ1v) is 7.90. The van der Waals surface area contributed by atoms with Crippen LogP contribution in [0.25, 0.3) is 0 Å². The molecular weight excluding hydrogens is 418 g/mol. The maximum Gasteiger partial charge on any atom is 0.127 e. The molecule has 5 heteroatoms. The first kappa shape index (κ1) is 15.3. The number of hydrogen-bond donors (Lipinski definition) is 0. The van der Waals surface area contributed by atoms with Gasteiger partial charge in [0.05, 0.1) is 4.83 Å². The summed E-state index contributed by atoms with van der Waals surface area (Å²) in [5.74, 6) is -0.305. The Morgan fingerprint density at radius 1 is 1.11 bits per heavy atom. The highest BCUT2D eigenvalue weighted by Gasteiger charge is 2.16. The van der Waals surface area contributed by atoms with Gasteiger partial charge in [-0.15, -0.1) is 0 Å². The van der Waals surface area contributed by atoms with Gasteiger partial charge in [0.1, 0.15) is 5.82 Å². The Bertz CT molecular complexity index is 609. The zero-order valence-electron chi connectivity index (χ0n) is 9.85. The summed E-state index contributed by atoms with van der Waals surface area (Å²) in [6.07, 6.45) is 0. The van der Waals surface area contributed by atoms with E-state index in [1.165, 1.54) is 6.07 Å². The lowest BCUT2D eigenvalue weighted by atomic mass is 10.0. The van der Waals surface area contributed by atoms with Crippen molar-refractivity contribution in [2.45, 2.75) is 11.8 Å². The minimum absolute atomic E-state index is 0.144. The normalized spacial score (nSPS) is 12.5. The van der Waals surface area contributed by atoms with Gasteiger partial charge in [-0.25, -0.2) is 4.39 Å². The van der Waals surface area contributed by atoms with Gasteiger partial charge in [0, 0.05) is 14.5 Å². The first-order chi connectivity index (χ1) is 8.88. The molecule has 2 aromatic rings. The van der Waals surface area contributed by atoms with Crippen molar-refractivity contribution in [3.8, 4) is 0 Å². The van der Waals surface area contributed by atoms with Crippen molar-refractivity contribution in [3.05, 3.63) is 67.4 Å². The summed E-state index contributed by atoms with van der Waals surface area (Å²) in [6, 6.07) is 8.68. The molecule has 0 amide bonds. The summed E-state index contributed by atoms with van der Waals surface area (Å²) < 4.78 is 14.3. The quantitative estimate of drug-likeness (QED) is 0.469. The average molecular weight is 427 g/mol. The second-order valence-corrected chi connectivity index (χ2v) is 6.86. The molecule has 19 heavy (non-hydrogen) atoms. The molecule has 100 valence electrons. The minimum Gasteiger partial charge on any atom is -0.207 e. The van der Waals surface area contributed by atoms with E-state index in [1.807, 2.05) is 18.2 Å². The third kappa shape index (κ3) is 3.52. The van der Waals surface area contributed by atoms with Gasteiger partial charge in [-0.1, -0.05) is 61.1 Å². The monoisotopic (exact) mass is 424 g/mol. The molecule has 0 nitrogen and oxygen atoms in total. The smallest absolute Gasteiger partial charge is 0.127 e. The van der Waals surface area contributed by atoms with E-state index in [4.69, 9.17) is 23.2 Å². The van der Waals surface area contributed by atoms with Crippen LogP contribution < -0.4 is 0 Å². The van der Waals surface area contributed by atoms with Crippen molar-refractivity contribution < 1.29 is 4.39 Å². The van der Waals surface area contributed by atoms with Gasteiger partial charge >= 0.3 is 0 Å². The predicted molar refractivity (Wildman–Crippen MR) is 86.1 cm³/mol. The summed E-state index contributed by atoms with van der Waals surface area (Å²) in [4.78, 5) is -0.144. The summed E-state index contributed by atoms with van der Waals surface area (Å²) >= 11 is 19.1. The van der Waals surface area contributed by atoms with E-state index in [0.29, 0.717) is 15.6 Å². The maximum atomic E-state index is 13.4. The van der Waals surface area contributed by atoms with Crippen LogP contribution in [-0.4, -0.2) is 0 Å². The SMILES string of the molecule is Cc1cc(C(Br)c2cc(Cl)cc(Br)c2)c(Cl)cc1F. The Morgan fingerprint density at radius 2 is 1.79 bits per heavy atom. The van der Waals surface area contributed by atoms with E-state index in [9.17, 15) is 4.39 Å². The molecule has 0 heterocycles. The van der Waals surface area contributed by atoms with Crippen molar-refractivity contribution in [2.75, 3.05) is 0 Å². The standard InChI is InChI=1S/C14H9Br2Cl2F/c1-7-2-11(12(18)6-13(7)19)14(16)8-3-9(15)5-10(17)4-8/h2-6,14H,1H3. The Morgan fingerprint density at radius 3 is 2.42 bits per heavy atom. The number of rotatable bonds is 2. The van der Waals surface area contributed by atoms with Gasteiger partial charge in [0.25, 0.3) is 0 Å². The lowest BCUT2D eigenvalue weighted by Crippen LogP contribution is -1.97. The zero-order chi connectivity index (χ0) is 14.2. The second kappa shape index (κ2) is 6.13. The summed E-state index contributed by atoms with van der Waals surface area (Å²) in [5, 5.41) is 1.02. The second-order valence-electron chi connectivity index (χ2n) is 4.19. The molecule has 0 radical (unpaired) electrons. The van der Waals surface area contributed by atoms with Gasteiger partial charge in [0.2, 0.25) is 0 Å². The van der Waals surface area contributed by atoms with E-state index in [0.717, 1.165) is 15.6 Å². The highest BCUT2D eigenvalue weighted by molar-refractivity contribution is 9.10. The van der Waals surface area contributed by atoms with Crippen LogP contribution in [0, 0.1) is 12.7 Å². The fourth-order valence-electron chi connectivity index (χ4n) is 1.77. The lowest BCUT2D eigenvalue weighted by molar-refractivity contribution is 0.618. The molecule has 1 atom stereocenters. The molecular formula is C14H9Br2Cl2F. The molecule has 1 unspecified atom stereocenters. The highest BCUT2D eigenvalue weighted by Crippen LogP contribution is 2.38. The Balaban J connectivity index is 2.49. The van der Waals surface area contributed by atoms with Crippen molar-refractivity contribution in [3.63, 3.8) is 0 Å². The summed E-state index contributed by atoms with van der Waals surface area (Å²) in [6.45, 7) is 1.71. The summed E-state index contributed by atoms with van der Waals surface area (Å²) in [7, 11) is 0. The van der Waals surface area contributed by atoms with E-state index in [1.54, 1.807) is 13.0 Å². The molecule has 0 aliphatic rings. The molecule has 0 N–H and O–H groups in total. The number of alkyl halides is 1. The van der Waals surface area contributed by atoms with Crippen molar-refractivity contribution in [1.29, 1.82) is 0 Å². The molecule has 0 aromatic heterocycles. The van der Waals surface area contributed by atoms with E-state index in [2.05, 4.69) is 31.9 Å². The van der Waals surface area contributed by atoms with Crippen LogP contribution in [0.15, 0.2) is 34.8 Å². The van der Waals surface area contributed by atoms with Crippen molar-refractivity contribution in [1.82, 2.24) is 0 Å². The van der Waals surface area contributed by atoms with E-state index < -0.39 is 0 Å². The molecule has 0 aliphatic carbocycles. The maximum absolute atomic E-state index is 13.4.